The van der Waals surface area contributed by atoms with Crippen molar-refractivity contribution in [1.82, 2.24) is 4.90 Å². The fraction of sp³-hybridized carbons (Fsp3) is 0.500. The smallest absolute Gasteiger partial charge is 0.288 e. The van der Waals surface area contributed by atoms with Crippen LogP contribution < -0.4 is 4.57 Å². The average Bonchev–Trinajstić information content (AvgIpc) is 2.23. The normalized spacial score (nSPS) is 10.1. The van der Waals surface area contributed by atoms with Crippen molar-refractivity contribution >= 4 is 5.91 Å². The van der Waals surface area contributed by atoms with E-state index in [1.807, 2.05) is 54.8 Å². The van der Waals surface area contributed by atoms with Gasteiger partial charge in [0.2, 0.25) is 6.54 Å². The van der Waals surface area contributed by atoms with Gasteiger partial charge < -0.3 is 4.90 Å². The number of carbonyl (C=O) groups is 1. The summed E-state index contributed by atoms with van der Waals surface area (Å²) in [4.78, 5) is 13.6. The second-order valence-corrected chi connectivity index (χ2v) is 3.61. The minimum atomic E-state index is 0.175. The molecule has 82 valence electrons. The van der Waals surface area contributed by atoms with E-state index in [1.165, 1.54) is 5.56 Å². The molecule has 3 heteroatoms. The quantitative estimate of drug-likeness (QED) is 0.680. The first-order valence-corrected chi connectivity index (χ1v) is 5.40. The van der Waals surface area contributed by atoms with Crippen LogP contribution in [0.5, 0.6) is 0 Å². The number of aryl methyl sites for hydroxylation is 1. The van der Waals surface area contributed by atoms with Crippen LogP contribution in [0, 0.1) is 6.92 Å². The van der Waals surface area contributed by atoms with Crippen LogP contribution in [0.25, 0.3) is 0 Å². The molecule has 0 saturated heterocycles. The monoisotopic (exact) mass is 207 g/mol. The number of hydrogen-bond donors (Lipinski definition) is 0. The van der Waals surface area contributed by atoms with Crippen LogP contribution in [-0.2, 0) is 11.3 Å². The van der Waals surface area contributed by atoms with E-state index < -0.39 is 0 Å². The number of likely N-dealkylation sites (N-methyl/N-ethyl adjacent to an activating group) is 1. The molecule has 0 aliphatic carbocycles. The van der Waals surface area contributed by atoms with Gasteiger partial charge in [0.1, 0.15) is 0 Å². The van der Waals surface area contributed by atoms with Crippen molar-refractivity contribution in [3.63, 3.8) is 0 Å². The first-order chi connectivity index (χ1) is 7.17. The van der Waals surface area contributed by atoms with E-state index in [9.17, 15) is 4.79 Å². The molecule has 0 spiro atoms. The van der Waals surface area contributed by atoms with Gasteiger partial charge >= 0.3 is 0 Å². The highest BCUT2D eigenvalue weighted by atomic mass is 16.2. The lowest BCUT2D eigenvalue weighted by atomic mass is 10.3. The van der Waals surface area contributed by atoms with Gasteiger partial charge in [-0.25, -0.2) is 0 Å². The van der Waals surface area contributed by atoms with Crippen molar-refractivity contribution in [3.05, 3.63) is 30.1 Å². The Balaban J connectivity index is 2.61. The van der Waals surface area contributed by atoms with Gasteiger partial charge in [-0.2, -0.15) is 4.57 Å². The lowest BCUT2D eigenvalue weighted by Gasteiger charge is -2.16. The van der Waals surface area contributed by atoms with E-state index in [0.29, 0.717) is 6.54 Å². The third kappa shape index (κ3) is 3.35. The fourth-order valence-corrected chi connectivity index (χ4v) is 1.47. The lowest BCUT2D eigenvalue weighted by molar-refractivity contribution is -0.685. The molecule has 0 aromatic carbocycles. The molecule has 15 heavy (non-hydrogen) atoms. The lowest BCUT2D eigenvalue weighted by Crippen LogP contribution is -2.44. The van der Waals surface area contributed by atoms with Crippen molar-refractivity contribution in [1.29, 1.82) is 0 Å². The first-order valence-electron chi connectivity index (χ1n) is 5.40. The van der Waals surface area contributed by atoms with E-state index in [1.54, 1.807) is 0 Å². The zero-order valence-electron chi connectivity index (χ0n) is 9.73. The zero-order valence-corrected chi connectivity index (χ0v) is 9.73. The Labute approximate surface area is 91.3 Å². The predicted octanol–water partition coefficient (Wildman–Crippen LogP) is 1.15. The molecule has 0 radical (unpaired) electrons. The minimum Gasteiger partial charge on any atom is -0.338 e. The van der Waals surface area contributed by atoms with Crippen LogP contribution in [0.2, 0.25) is 0 Å². The maximum atomic E-state index is 11.8. The van der Waals surface area contributed by atoms with Gasteiger partial charge in [0.05, 0.1) is 0 Å². The Morgan fingerprint density at radius 1 is 1.27 bits per heavy atom. The largest absolute Gasteiger partial charge is 0.338 e. The molecule has 1 aromatic rings. The number of pyridine rings is 1. The number of carbonyl (C=O) groups excluding carboxylic acids is 1. The fourth-order valence-electron chi connectivity index (χ4n) is 1.47. The molecule has 0 N–H and O–H groups in total. The number of rotatable bonds is 4. The first kappa shape index (κ1) is 11.7. The van der Waals surface area contributed by atoms with Crippen LogP contribution in [0.15, 0.2) is 24.5 Å². The Morgan fingerprint density at radius 3 is 2.27 bits per heavy atom. The molecule has 1 aromatic heterocycles. The molecule has 1 amide bonds. The predicted molar refractivity (Wildman–Crippen MR) is 59.3 cm³/mol. The van der Waals surface area contributed by atoms with Gasteiger partial charge in [-0.05, 0) is 26.3 Å². The Hall–Kier alpha value is -1.38. The Morgan fingerprint density at radius 2 is 1.80 bits per heavy atom. The SMILES string of the molecule is CCN(CC)C(=O)C[n+]1ccc(C)cc1. The second kappa shape index (κ2) is 5.49. The molecular weight excluding hydrogens is 188 g/mol. The van der Waals surface area contributed by atoms with Crippen LogP contribution in [0.1, 0.15) is 19.4 Å². The summed E-state index contributed by atoms with van der Waals surface area (Å²) in [6, 6.07) is 4.02. The Kier molecular flexibility index (Phi) is 4.28. The van der Waals surface area contributed by atoms with Crippen LogP contribution in [0.3, 0.4) is 0 Å². The van der Waals surface area contributed by atoms with Gasteiger partial charge in [-0.3, -0.25) is 4.79 Å². The van der Waals surface area contributed by atoms with E-state index >= 15 is 0 Å². The standard InChI is InChI=1S/C12H19N2O/c1-4-14(5-2)12(15)10-13-8-6-11(3)7-9-13/h6-9H,4-5,10H2,1-3H3/q+1. The van der Waals surface area contributed by atoms with E-state index in [0.717, 1.165) is 13.1 Å². The van der Waals surface area contributed by atoms with Crippen molar-refractivity contribution in [3.8, 4) is 0 Å². The summed E-state index contributed by atoms with van der Waals surface area (Å²) in [5, 5.41) is 0. The molecule has 0 bridgehead atoms. The van der Waals surface area contributed by atoms with Crippen molar-refractivity contribution in [2.75, 3.05) is 13.1 Å². The highest BCUT2D eigenvalue weighted by molar-refractivity contribution is 5.74. The second-order valence-electron chi connectivity index (χ2n) is 3.61. The molecular formula is C12H19N2O+. The van der Waals surface area contributed by atoms with Gasteiger partial charge in [0, 0.05) is 25.2 Å². The molecule has 0 aliphatic heterocycles. The number of hydrogen-bond acceptors (Lipinski definition) is 1. The summed E-state index contributed by atoms with van der Waals surface area (Å²) in [6.07, 6.45) is 3.88. The summed E-state index contributed by atoms with van der Waals surface area (Å²) in [6.45, 7) is 8.03. The highest BCUT2D eigenvalue weighted by Gasteiger charge is 2.14. The van der Waals surface area contributed by atoms with Gasteiger partial charge in [-0.1, -0.05) is 0 Å². The third-order valence-electron chi connectivity index (χ3n) is 2.49. The maximum absolute atomic E-state index is 11.8. The van der Waals surface area contributed by atoms with Gasteiger partial charge in [0.25, 0.3) is 5.91 Å². The number of nitrogens with zero attached hydrogens (tertiary/aromatic N) is 2. The number of aromatic nitrogens is 1. The highest BCUT2D eigenvalue weighted by Crippen LogP contribution is 1.92. The maximum Gasteiger partial charge on any atom is 0.288 e. The van der Waals surface area contributed by atoms with Crippen molar-refractivity contribution in [2.24, 2.45) is 0 Å². The van der Waals surface area contributed by atoms with Gasteiger partial charge in [-0.15, -0.1) is 0 Å². The van der Waals surface area contributed by atoms with Crippen LogP contribution in [-0.4, -0.2) is 23.9 Å². The van der Waals surface area contributed by atoms with Crippen molar-refractivity contribution < 1.29 is 9.36 Å². The molecule has 1 heterocycles. The summed E-state index contributed by atoms with van der Waals surface area (Å²) >= 11 is 0. The number of amides is 1. The molecule has 0 unspecified atom stereocenters. The summed E-state index contributed by atoms with van der Waals surface area (Å²) in [5.74, 6) is 0.175. The molecule has 0 aliphatic rings. The van der Waals surface area contributed by atoms with E-state index in [4.69, 9.17) is 0 Å². The molecule has 1 rings (SSSR count). The zero-order chi connectivity index (χ0) is 11.3. The molecule has 0 fully saturated rings. The Bertz CT molecular complexity index is 315. The van der Waals surface area contributed by atoms with Gasteiger partial charge in [0.15, 0.2) is 12.4 Å². The average molecular weight is 207 g/mol. The van der Waals surface area contributed by atoms with E-state index in [-0.39, 0.29) is 5.91 Å². The van der Waals surface area contributed by atoms with E-state index in [2.05, 4.69) is 0 Å². The summed E-state index contributed by atoms with van der Waals surface area (Å²) < 4.78 is 1.91. The van der Waals surface area contributed by atoms with Crippen LogP contribution in [0.4, 0.5) is 0 Å². The summed E-state index contributed by atoms with van der Waals surface area (Å²) in [7, 11) is 0. The minimum absolute atomic E-state index is 0.175. The third-order valence-corrected chi connectivity index (χ3v) is 2.49. The molecule has 0 atom stereocenters. The molecule has 0 saturated carbocycles. The topological polar surface area (TPSA) is 24.2 Å². The summed E-state index contributed by atoms with van der Waals surface area (Å²) in [5.41, 5.74) is 1.21. The van der Waals surface area contributed by atoms with Crippen LogP contribution >= 0.6 is 0 Å². The van der Waals surface area contributed by atoms with Crippen molar-refractivity contribution in [2.45, 2.75) is 27.3 Å². The molecule has 3 nitrogen and oxygen atoms in total.